The summed E-state index contributed by atoms with van der Waals surface area (Å²) >= 11 is 1.99. The Bertz CT molecular complexity index is 712. The van der Waals surface area contributed by atoms with Crippen LogP contribution in [0.15, 0.2) is 37.1 Å². The second kappa shape index (κ2) is 8.12. The van der Waals surface area contributed by atoms with Crippen molar-refractivity contribution in [1.82, 2.24) is 19.4 Å². The molecule has 1 atom stereocenters. The van der Waals surface area contributed by atoms with Gasteiger partial charge in [-0.25, -0.2) is 9.97 Å². The molecule has 26 heavy (non-hydrogen) atoms. The van der Waals surface area contributed by atoms with Gasteiger partial charge in [-0.15, -0.1) is 0 Å². The molecule has 0 N–H and O–H groups in total. The van der Waals surface area contributed by atoms with Crippen molar-refractivity contribution < 1.29 is 4.79 Å². The Morgan fingerprint density at radius 2 is 2.12 bits per heavy atom. The molecule has 2 aromatic heterocycles. The largest absolute Gasteiger partial charge is 0.355 e. The highest BCUT2D eigenvalue weighted by atomic mass is 32.2. The minimum atomic E-state index is 0.105. The van der Waals surface area contributed by atoms with Crippen LogP contribution in [0.25, 0.3) is 0 Å². The Kier molecular flexibility index (Phi) is 5.43. The van der Waals surface area contributed by atoms with E-state index in [0.29, 0.717) is 11.5 Å². The van der Waals surface area contributed by atoms with Crippen molar-refractivity contribution in [2.75, 3.05) is 42.6 Å². The number of rotatable bonds is 4. The molecule has 4 heterocycles. The summed E-state index contributed by atoms with van der Waals surface area (Å²) in [7, 11) is 0. The van der Waals surface area contributed by atoms with Gasteiger partial charge in [0.25, 0.3) is 5.91 Å². The molecule has 0 aliphatic carbocycles. The van der Waals surface area contributed by atoms with Crippen molar-refractivity contribution in [2.45, 2.75) is 19.4 Å². The smallest absolute Gasteiger partial charge is 0.255 e. The topological polar surface area (TPSA) is 54.3 Å². The van der Waals surface area contributed by atoms with Crippen molar-refractivity contribution in [3.05, 3.63) is 42.6 Å². The summed E-state index contributed by atoms with van der Waals surface area (Å²) in [5.41, 5.74) is 0.698. The highest BCUT2D eigenvalue weighted by Crippen LogP contribution is 2.21. The number of carbonyl (C=O) groups excluding carboxylic acids is 1. The first-order chi connectivity index (χ1) is 12.8. The lowest BCUT2D eigenvalue weighted by molar-refractivity contribution is 0.0662. The maximum atomic E-state index is 12.9. The second-order valence-corrected chi connectivity index (χ2v) is 8.25. The molecule has 0 saturated carbocycles. The molecule has 7 heteroatoms. The van der Waals surface area contributed by atoms with Crippen LogP contribution in [0.5, 0.6) is 0 Å². The summed E-state index contributed by atoms with van der Waals surface area (Å²) in [5.74, 6) is 3.87. The second-order valence-electron chi connectivity index (χ2n) is 7.02. The molecule has 2 saturated heterocycles. The Morgan fingerprint density at radius 3 is 2.85 bits per heavy atom. The summed E-state index contributed by atoms with van der Waals surface area (Å²) < 4.78 is 2.10. The van der Waals surface area contributed by atoms with Gasteiger partial charge < -0.3 is 14.4 Å². The molecule has 0 unspecified atom stereocenters. The number of pyridine rings is 1. The van der Waals surface area contributed by atoms with E-state index in [0.717, 1.165) is 62.9 Å². The molecule has 1 amide bonds. The maximum Gasteiger partial charge on any atom is 0.255 e. The molecule has 4 rings (SSSR count). The molecule has 2 aromatic rings. The van der Waals surface area contributed by atoms with Gasteiger partial charge in [0, 0.05) is 62.8 Å². The number of hydrogen-bond acceptors (Lipinski definition) is 5. The van der Waals surface area contributed by atoms with E-state index in [1.54, 1.807) is 12.4 Å². The highest BCUT2D eigenvalue weighted by molar-refractivity contribution is 7.99. The number of aromatic nitrogens is 3. The Hall–Kier alpha value is -2.02. The lowest BCUT2D eigenvalue weighted by Gasteiger charge is -2.33. The average molecular weight is 372 g/mol. The summed E-state index contributed by atoms with van der Waals surface area (Å²) in [6, 6.07) is 3.93. The predicted molar refractivity (Wildman–Crippen MR) is 105 cm³/mol. The zero-order valence-electron chi connectivity index (χ0n) is 15.0. The molecule has 2 fully saturated rings. The van der Waals surface area contributed by atoms with Gasteiger partial charge in [0.15, 0.2) is 0 Å². The van der Waals surface area contributed by atoms with E-state index < -0.39 is 0 Å². The number of likely N-dealkylation sites (tertiary alicyclic amines) is 1. The number of carbonyl (C=O) groups is 1. The van der Waals surface area contributed by atoms with Gasteiger partial charge in [-0.3, -0.25) is 4.79 Å². The van der Waals surface area contributed by atoms with Gasteiger partial charge in [-0.1, -0.05) is 0 Å². The molecule has 2 aliphatic rings. The van der Waals surface area contributed by atoms with Crippen LogP contribution in [0.4, 0.5) is 5.82 Å². The number of imidazole rings is 1. The fraction of sp³-hybridized carbons (Fsp3) is 0.526. The molecule has 6 nitrogen and oxygen atoms in total. The van der Waals surface area contributed by atoms with E-state index in [1.807, 2.05) is 41.3 Å². The molecular weight excluding hydrogens is 346 g/mol. The molecule has 138 valence electrons. The van der Waals surface area contributed by atoms with E-state index in [9.17, 15) is 4.79 Å². The number of piperidine rings is 1. The van der Waals surface area contributed by atoms with E-state index >= 15 is 0 Å². The van der Waals surface area contributed by atoms with Gasteiger partial charge in [0.05, 0.1) is 11.9 Å². The standard InChI is InChI=1S/C19H25N5OS/c25-19(17-3-4-18(21-12-17)23-8-10-26-11-9-23)24-6-1-2-16(14-24)13-22-7-5-20-15-22/h3-5,7,12,15-16H,1-2,6,8-11,13-14H2/t16-/m0/s1. The SMILES string of the molecule is O=C(c1ccc(N2CCSCC2)nc1)N1CCC[C@@H](Cn2ccnc2)C1. The minimum Gasteiger partial charge on any atom is -0.355 e. The quantitative estimate of drug-likeness (QED) is 0.826. The van der Waals surface area contributed by atoms with Gasteiger partial charge >= 0.3 is 0 Å². The number of anilines is 1. The van der Waals surface area contributed by atoms with Gasteiger partial charge in [0.1, 0.15) is 5.82 Å². The zero-order chi connectivity index (χ0) is 17.8. The third-order valence-electron chi connectivity index (χ3n) is 5.16. The number of nitrogens with zero attached hydrogens (tertiary/aromatic N) is 5. The van der Waals surface area contributed by atoms with Crippen LogP contribution in [-0.2, 0) is 6.54 Å². The third-order valence-corrected chi connectivity index (χ3v) is 6.11. The normalized spacial score (nSPS) is 21.0. The summed E-state index contributed by atoms with van der Waals surface area (Å²) in [6.45, 7) is 4.64. The fourth-order valence-corrected chi connectivity index (χ4v) is 4.67. The van der Waals surface area contributed by atoms with Gasteiger partial charge in [0.2, 0.25) is 0 Å². The molecule has 0 aromatic carbocycles. The number of hydrogen-bond donors (Lipinski definition) is 0. The molecular formula is C19H25N5OS. The van der Waals surface area contributed by atoms with Crippen molar-refractivity contribution in [2.24, 2.45) is 5.92 Å². The van der Waals surface area contributed by atoms with E-state index in [-0.39, 0.29) is 5.91 Å². The zero-order valence-corrected chi connectivity index (χ0v) is 15.8. The van der Waals surface area contributed by atoms with Crippen LogP contribution in [0.3, 0.4) is 0 Å². The van der Waals surface area contributed by atoms with Crippen molar-refractivity contribution in [3.63, 3.8) is 0 Å². The number of amides is 1. The van der Waals surface area contributed by atoms with Gasteiger partial charge in [-0.2, -0.15) is 11.8 Å². The monoisotopic (exact) mass is 371 g/mol. The van der Waals surface area contributed by atoms with Crippen molar-refractivity contribution in [1.29, 1.82) is 0 Å². The van der Waals surface area contributed by atoms with E-state index in [1.165, 1.54) is 0 Å². The van der Waals surface area contributed by atoms with Crippen LogP contribution in [0.1, 0.15) is 23.2 Å². The molecule has 2 aliphatic heterocycles. The minimum absolute atomic E-state index is 0.105. The van der Waals surface area contributed by atoms with Crippen molar-refractivity contribution >= 4 is 23.5 Å². The molecule has 0 bridgehead atoms. The lowest BCUT2D eigenvalue weighted by Crippen LogP contribution is -2.41. The Morgan fingerprint density at radius 1 is 1.23 bits per heavy atom. The first-order valence-corrected chi connectivity index (χ1v) is 10.5. The van der Waals surface area contributed by atoms with Gasteiger partial charge in [-0.05, 0) is 30.9 Å². The summed E-state index contributed by atoms with van der Waals surface area (Å²) in [6.07, 6.45) is 9.61. The summed E-state index contributed by atoms with van der Waals surface area (Å²) in [5, 5.41) is 0. The third kappa shape index (κ3) is 4.03. The first-order valence-electron chi connectivity index (χ1n) is 9.33. The van der Waals surface area contributed by atoms with Crippen molar-refractivity contribution in [3.8, 4) is 0 Å². The Labute approximate surface area is 158 Å². The van der Waals surface area contributed by atoms with Crippen LogP contribution >= 0.6 is 11.8 Å². The van der Waals surface area contributed by atoms with Crippen LogP contribution < -0.4 is 4.90 Å². The van der Waals surface area contributed by atoms with E-state index in [4.69, 9.17) is 0 Å². The van der Waals surface area contributed by atoms with E-state index in [2.05, 4.69) is 19.4 Å². The van der Waals surface area contributed by atoms with Crippen LogP contribution in [0.2, 0.25) is 0 Å². The maximum absolute atomic E-state index is 12.9. The molecule has 0 spiro atoms. The first kappa shape index (κ1) is 17.4. The summed E-state index contributed by atoms with van der Waals surface area (Å²) in [4.78, 5) is 25.8. The predicted octanol–water partition coefficient (Wildman–Crippen LogP) is 2.38. The number of thioether (sulfide) groups is 1. The lowest BCUT2D eigenvalue weighted by atomic mass is 9.97. The fourth-order valence-electron chi connectivity index (χ4n) is 3.77. The molecule has 0 radical (unpaired) electrons. The average Bonchev–Trinajstić information content (AvgIpc) is 3.21. The highest BCUT2D eigenvalue weighted by Gasteiger charge is 2.25. The van der Waals surface area contributed by atoms with Crippen LogP contribution in [-0.4, -0.2) is 63.0 Å². The van der Waals surface area contributed by atoms with Crippen LogP contribution in [0, 0.1) is 5.92 Å². The Balaban J connectivity index is 1.38.